The first-order chi connectivity index (χ1) is 10.3. The van der Waals surface area contributed by atoms with E-state index in [9.17, 15) is 0 Å². The van der Waals surface area contributed by atoms with E-state index in [1.807, 2.05) is 0 Å². The van der Waals surface area contributed by atoms with E-state index < -0.39 is 0 Å². The third-order valence-corrected chi connectivity index (χ3v) is 5.08. The molecule has 2 unspecified atom stereocenters. The Bertz CT molecular complexity index is 523. The van der Waals surface area contributed by atoms with Crippen LogP contribution in [0.15, 0.2) is 47.2 Å². The summed E-state index contributed by atoms with van der Waals surface area (Å²) in [6.45, 7) is 5.78. The van der Waals surface area contributed by atoms with E-state index in [2.05, 4.69) is 64.3 Å². The van der Waals surface area contributed by atoms with Gasteiger partial charge in [-0.05, 0) is 47.7 Å². The van der Waals surface area contributed by atoms with Crippen molar-refractivity contribution in [3.05, 3.63) is 58.3 Å². The molecule has 1 saturated heterocycles. The minimum Gasteiger partial charge on any atom is -0.311 e. The second kappa shape index (κ2) is 7.21. The Morgan fingerprint density at radius 3 is 2.86 bits per heavy atom. The van der Waals surface area contributed by atoms with Crippen LogP contribution < -0.4 is 5.32 Å². The first-order valence-electron chi connectivity index (χ1n) is 7.83. The molecule has 3 rings (SSSR count). The highest BCUT2D eigenvalue weighted by atomic mass is 32.1. The average molecular weight is 300 g/mol. The molecule has 0 radical (unpaired) electrons. The lowest BCUT2D eigenvalue weighted by Gasteiger charge is -2.37. The lowest BCUT2D eigenvalue weighted by Crippen LogP contribution is -2.54. The van der Waals surface area contributed by atoms with Gasteiger partial charge in [0, 0.05) is 31.7 Å². The van der Waals surface area contributed by atoms with Crippen molar-refractivity contribution in [2.75, 3.05) is 19.6 Å². The number of nitrogens with zero attached hydrogens (tertiary/aromatic N) is 1. The second-order valence-electron chi connectivity index (χ2n) is 6.02. The number of benzene rings is 1. The molecule has 2 atom stereocenters. The lowest BCUT2D eigenvalue weighted by atomic mass is 10.0. The van der Waals surface area contributed by atoms with Crippen molar-refractivity contribution in [2.24, 2.45) is 0 Å². The van der Waals surface area contributed by atoms with Gasteiger partial charge in [-0.25, -0.2) is 0 Å². The van der Waals surface area contributed by atoms with Crippen LogP contribution in [-0.2, 0) is 12.8 Å². The Morgan fingerprint density at radius 2 is 2.10 bits per heavy atom. The summed E-state index contributed by atoms with van der Waals surface area (Å²) in [6, 6.07) is 14.3. The second-order valence-corrected chi connectivity index (χ2v) is 6.80. The standard InChI is InChI=1S/C18H24N2S/c1-15(11-17-7-10-21-14-17)20-9-8-19-18(13-20)12-16-5-3-2-4-6-16/h2-7,10,14-15,18-19H,8-9,11-13H2,1H3. The summed E-state index contributed by atoms with van der Waals surface area (Å²) in [4.78, 5) is 2.64. The topological polar surface area (TPSA) is 15.3 Å². The minimum atomic E-state index is 0.575. The summed E-state index contributed by atoms with van der Waals surface area (Å²) >= 11 is 1.80. The highest BCUT2D eigenvalue weighted by molar-refractivity contribution is 7.07. The summed E-state index contributed by atoms with van der Waals surface area (Å²) < 4.78 is 0. The van der Waals surface area contributed by atoms with Gasteiger partial charge in [0.2, 0.25) is 0 Å². The Balaban J connectivity index is 1.55. The molecule has 0 saturated carbocycles. The summed E-state index contributed by atoms with van der Waals surface area (Å²) in [5, 5.41) is 8.13. The zero-order valence-corrected chi connectivity index (χ0v) is 13.5. The molecular formula is C18H24N2S. The van der Waals surface area contributed by atoms with Crippen LogP contribution in [-0.4, -0.2) is 36.6 Å². The molecule has 1 aromatic carbocycles. The highest BCUT2D eigenvalue weighted by Crippen LogP contribution is 2.15. The van der Waals surface area contributed by atoms with Crippen molar-refractivity contribution in [3.63, 3.8) is 0 Å². The van der Waals surface area contributed by atoms with E-state index in [1.54, 1.807) is 11.3 Å². The van der Waals surface area contributed by atoms with E-state index in [4.69, 9.17) is 0 Å². The van der Waals surface area contributed by atoms with E-state index in [1.165, 1.54) is 17.5 Å². The van der Waals surface area contributed by atoms with Crippen molar-refractivity contribution in [1.29, 1.82) is 0 Å². The smallest absolute Gasteiger partial charge is 0.0236 e. The van der Waals surface area contributed by atoms with Crippen LogP contribution in [0.25, 0.3) is 0 Å². The molecule has 0 amide bonds. The highest BCUT2D eigenvalue weighted by Gasteiger charge is 2.23. The molecule has 112 valence electrons. The molecule has 0 aliphatic carbocycles. The third kappa shape index (κ3) is 4.16. The number of hydrogen-bond donors (Lipinski definition) is 1. The first-order valence-corrected chi connectivity index (χ1v) is 8.78. The van der Waals surface area contributed by atoms with Crippen molar-refractivity contribution in [1.82, 2.24) is 10.2 Å². The molecule has 1 aliphatic heterocycles. The first kappa shape index (κ1) is 14.8. The average Bonchev–Trinajstić information content (AvgIpc) is 3.01. The summed E-state index contributed by atoms with van der Waals surface area (Å²) in [6.07, 6.45) is 2.30. The summed E-state index contributed by atoms with van der Waals surface area (Å²) in [5.41, 5.74) is 2.91. The van der Waals surface area contributed by atoms with Crippen molar-refractivity contribution in [3.8, 4) is 0 Å². The Morgan fingerprint density at radius 1 is 1.24 bits per heavy atom. The molecule has 1 fully saturated rings. The number of piperazine rings is 1. The van der Waals surface area contributed by atoms with Gasteiger partial charge in [-0.15, -0.1) is 0 Å². The number of hydrogen-bond acceptors (Lipinski definition) is 3. The normalized spacial score (nSPS) is 21.3. The van der Waals surface area contributed by atoms with Gasteiger partial charge in [0.25, 0.3) is 0 Å². The van der Waals surface area contributed by atoms with Crippen LogP contribution in [0.1, 0.15) is 18.1 Å². The van der Waals surface area contributed by atoms with Gasteiger partial charge in [-0.3, -0.25) is 4.90 Å². The predicted molar refractivity (Wildman–Crippen MR) is 91.0 cm³/mol. The Labute approximate surface area is 131 Å². The zero-order valence-electron chi connectivity index (χ0n) is 12.7. The van der Waals surface area contributed by atoms with Gasteiger partial charge >= 0.3 is 0 Å². The third-order valence-electron chi connectivity index (χ3n) is 4.35. The molecule has 0 bridgehead atoms. The van der Waals surface area contributed by atoms with Gasteiger partial charge in [-0.2, -0.15) is 11.3 Å². The molecule has 21 heavy (non-hydrogen) atoms. The van der Waals surface area contributed by atoms with Crippen molar-refractivity contribution < 1.29 is 0 Å². The van der Waals surface area contributed by atoms with E-state index in [-0.39, 0.29) is 0 Å². The molecule has 1 aromatic heterocycles. The van der Waals surface area contributed by atoms with Crippen LogP contribution >= 0.6 is 11.3 Å². The Hall–Kier alpha value is -1.16. The predicted octanol–water partition coefficient (Wildman–Crippen LogP) is 3.20. The maximum atomic E-state index is 3.67. The maximum Gasteiger partial charge on any atom is 0.0236 e. The van der Waals surface area contributed by atoms with Gasteiger partial charge in [0.15, 0.2) is 0 Å². The molecule has 1 aliphatic rings. The molecule has 2 heterocycles. The number of nitrogens with one attached hydrogen (secondary N) is 1. The van der Waals surface area contributed by atoms with Gasteiger partial charge in [-0.1, -0.05) is 30.3 Å². The molecule has 2 aromatic rings. The molecular weight excluding hydrogens is 276 g/mol. The summed E-state index contributed by atoms with van der Waals surface area (Å²) in [5.74, 6) is 0. The quantitative estimate of drug-likeness (QED) is 0.912. The molecule has 1 N–H and O–H groups in total. The summed E-state index contributed by atoms with van der Waals surface area (Å²) in [7, 11) is 0. The fourth-order valence-electron chi connectivity index (χ4n) is 3.17. The van der Waals surface area contributed by atoms with Crippen LogP contribution in [0.3, 0.4) is 0 Å². The van der Waals surface area contributed by atoms with Crippen molar-refractivity contribution in [2.45, 2.75) is 31.8 Å². The van der Waals surface area contributed by atoms with E-state index in [0.717, 1.165) is 26.1 Å². The fraction of sp³-hybridized carbons (Fsp3) is 0.444. The fourth-order valence-corrected chi connectivity index (χ4v) is 3.85. The largest absolute Gasteiger partial charge is 0.311 e. The Kier molecular flexibility index (Phi) is 5.07. The number of rotatable bonds is 5. The zero-order chi connectivity index (χ0) is 14.5. The van der Waals surface area contributed by atoms with Crippen LogP contribution in [0, 0.1) is 0 Å². The van der Waals surface area contributed by atoms with Gasteiger partial charge in [0.1, 0.15) is 0 Å². The molecule has 0 spiro atoms. The van der Waals surface area contributed by atoms with Gasteiger partial charge in [0.05, 0.1) is 0 Å². The lowest BCUT2D eigenvalue weighted by molar-refractivity contribution is 0.151. The number of thiophene rings is 1. The maximum absolute atomic E-state index is 3.67. The van der Waals surface area contributed by atoms with Crippen molar-refractivity contribution >= 4 is 11.3 Å². The van der Waals surface area contributed by atoms with E-state index in [0.29, 0.717) is 12.1 Å². The van der Waals surface area contributed by atoms with Gasteiger partial charge < -0.3 is 5.32 Å². The van der Waals surface area contributed by atoms with Crippen LogP contribution in [0.2, 0.25) is 0 Å². The van der Waals surface area contributed by atoms with Crippen LogP contribution in [0.4, 0.5) is 0 Å². The monoisotopic (exact) mass is 300 g/mol. The minimum absolute atomic E-state index is 0.575. The van der Waals surface area contributed by atoms with Crippen LogP contribution in [0.5, 0.6) is 0 Å². The molecule has 2 nitrogen and oxygen atoms in total. The SMILES string of the molecule is CC(Cc1ccsc1)N1CCNC(Cc2ccccc2)C1. The van der Waals surface area contributed by atoms with E-state index >= 15 is 0 Å². The molecule has 3 heteroatoms.